The molecule has 0 atom stereocenters. The molecule has 0 spiro atoms. The van der Waals surface area contributed by atoms with Crippen LogP contribution in [0.4, 0.5) is 4.39 Å². The maximum atomic E-state index is 12.9. The lowest BCUT2D eigenvalue weighted by molar-refractivity contribution is 0.0946. The Labute approximate surface area is 113 Å². The van der Waals surface area contributed by atoms with Gasteiger partial charge in [0.05, 0.1) is 5.02 Å². The van der Waals surface area contributed by atoms with E-state index >= 15 is 0 Å². The van der Waals surface area contributed by atoms with Crippen LogP contribution in [-0.4, -0.2) is 10.9 Å². The minimum absolute atomic E-state index is 0.215. The molecule has 94 valence electrons. The summed E-state index contributed by atoms with van der Waals surface area (Å²) >= 11 is 11.4. The lowest BCUT2D eigenvalue weighted by atomic mass is 10.2. The van der Waals surface area contributed by atoms with Crippen molar-refractivity contribution in [1.29, 1.82) is 0 Å². The maximum absolute atomic E-state index is 12.9. The van der Waals surface area contributed by atoms with Crippen molar-refractivity contribution in [2.75, 3.05) is 0 Å². The third kappa shape index (κ3) is 3.03. The summed E-state index contributed by atoms with van der Waals surface area (Å²) in [6.07, 6.45) is 0. The molecule has 0 aliphatic carbocycles. The second-order valence-corrected chi connectivity index (χ2v) is 4.44. The Morgan fingerprint density at radius 1 is 1.33 bits per heavy atom. The van der Waals surface area contributed by atoms with Crippen LogP contribution in [0, 0.1) is 5.82 Å². The van der Waals surface area contributed by atoms with E-state index in [1.54, 1.807) is 12.1 Å². The van der Waals surface area contributed by atoms with Crippen LogP contribution in [0.25, 0.3) is 0 Å². The van der Waals surface area contributed by atoms with E-state index < -0.39 is 0 Å². The Morgan fingerprint density at radius 3 is 2.72 bits per heavy atom. The smallest absolute Gasteiger partial charge is 0.268 e. The minimum atomic E-state index is -0.354. The van der Waals surface area contributed by atoms with Gasteiger partial charge in [0, 0.05) is 6.54 Å². The summed E-state index contributed by atoms with van der Waals surface area (Å²) in [5, 5.41) is 3.13. The third-order valence-corrected chi connectivity index (χ3v) is 3.00. The zero-order valence-corrected chi connectivity index (χ0v) is 10.6. The van der Waals surface area contributed by atoms with Crippen molar-refractivity contribution in [3.8, 4) is 0 Å². The summed E-state index contributed by atoms with van der Waals surface area (Å²) < 4.78 is 12.9. The molecule has 0 saturated carbocycles. The standard InChI is InChI=1S/C12H9Cl2FN2O/c13-9-5-10(17-11(9)14)12(18)16-6-7-2-1-3-8(15)4-7/h1-5,17H,6H2,(H,16,18). The summed E-state index contributed by atoms with van der Waals surface area (Å²) in [7, 11) is 0. The molecule has 0 unspecified atom stereocenters. The number of amides is 1. The predicted molar refractivity (Wildman–Crippen MR) is 68.4 cm³/mol. The van der Waals surface area contributed by atoms with Crippen molar-refractivity contribution >= 4 is 29.1 Å². The highest BCUT2D eigenvalue weighted by Gasteiger charge is 2.11. The SMILES string of the molecule is O=C(NCc1cccc(F)c1)c1cc(Cl)c(Cl)[nH]1. The van der Waals surface area contributed by atoms with Gasteiger partial charge in [-0.1, -0.05) is 35.3 Å². The zero-order valence-electron chi connectivity index (χ0n) is 9.14. The monoisotopic (exact) mass is 286 g/mol. The summed E-state index contributed by atoms with van der Waals surface area (Å²) in [6, 6.07) is 7.44. The number of hydrogen-bond acceptors (Lipinski definition) is 1. The molecular formula is C12H9Cl2FN2O. The van der Waals surface area contributed by atoms with Crippen molar-refractivity contribution < 1.29 is 9.18 Å². The van der Waals surface area contributed by atoms with Crippen molar-refractivity contribution in [3.63, 3.8) is 0 Å². The molecule has 1 amide bonds. The first-order chi connectivity index (χ1) is 8.56. The number of benzene rings is 1. The van der Waals surface area contributed by atoms with Gasteiger partial charge in [-0.15, -0.1) is 0 Å². The van der Waals surface area contributed by atoms with Crippen LogP contribution >= 0.6 is 23.2 Å². The van der Waals surface area contributed by atoms with E-state index in [9.17, 15) is 9.18 Å². The van der Waals surface area contributed by atoms with Crippen LogP contribution in [-0.2, 0) is 6.54 Å². The molecule has 0 saturated heterocycles. The molecule has 0 fully saturated rings. The Bertz CT molecular complexity index is 564. The normalized spacial score (nSPS) is 10.4. The largest absolute Gasteiger partial charge is 0.347 e. The molecule has 0 aliphatic rings. The average Bonchev–Trinajstić information content (AvgIpc) is 2.67. The van der Waals surface area contributed by atoms with Crippen LogP contribution in [0.5, 0.6) is 0 Å². The van der Waals surface area contributed by atoms with E-state index in [1.165, 1.54) is 18.2 Å². The summed E-state index contributed by atoms with van der Waals surface area (Å²) in [5.74, 6) is -0.694. The van der Waals surface area contributed by atoms with Crippen LogP contribution in [0.1, 0.15) is 16.1 Å². The fraction of sp³-hybridized carbons (Fsp3) is 0.0833. The number of hydrogen-bond donors (Lipinski definition) is 2. The molecule has 0 bridgehead atoms. The second kappa shape index (κ2) is 5.42. The fourth-order valence-corrected chi connectivity index (χ4v) is 1.76. The fourth-order valence-electron chi connectivity index (χ4n) is 1.45. The number of nitrogens with one attached hydrogen (secondary N) is 2. The highest BCUT2D eigenvalue weighted by Crippen LogP contribution is 2.21. The number of rotatable bonds is 3. The molecule has 3 nitrogen and oxygen atoms in total. The van der Waals surface area contributed by atoms with Crippen LogP contribution in [0.2, 0.25) is 10.2 Å². The van der Waals surface area contributed by atoms with Crippen molar-refractivity contribution in [3.05, 3.63) is 57.6 Å². The number of carbonyl (C=O) groups excluding carboxylic acids is 1. The number of carbonyl (C=O) groups is 1. The third-order valence-electron chi connectivity index (χ3n) is 2.31. The van der Waals surface area contributed by atoms with Gasteiger partial charge in [-0.2, -0.15) is 0 Å². The number of aromatic nitrogens is 1. The Balaban J connectivity index is 2.00. The lowest BCUT2D eigenvalue weighted by Crippen LogP contribution is -2.23. The minimum Gasteiger partial charge on any atom is -0.347 e. The highest BCUT2D eigenvalue weighted by atomic mass is 35.5. The van der Waals surface area contributed by atoms with Gasteiger partial charge < -0.3 is 10.3 Å². The van der Waals surface area contributed by atoms with Crippen molar-refractivity contribution in [2.24, 2.45) is 0 Å². The molecule has 18 heavy (non-hydrogen) atoms. The van der Waals surface area contributed by atoms with Gasteiger partial charge in [0.25, 0.3) is 5.91 Å². The van der Waals surface area contributed by atoms with Crippen LogP contribution in [0.15, 0.2) is 30.3 Å². The number of halogens is 3. The average molecular weight is 287 g/mol. The van der Waals surface area contributed by atoms with Crippen molar-refractivity contribution in [2.45, 2.75) is 6.54 Å². The summed E-state index contributed by atoms with van der Waals surface area (Å²) in [5.41, 5.74) is 0.938. The first-order valence-corrected chi connectivity index (χ1v) is 5.88. The Morgan fingerprint density at radius 2 is 2.11 bits per heavy atom. The molecule has 2 aromatic rings. The molecule has 1 aromatic heterocycles. The van der Waals surface area contributed by atoms with E-state index in [1.807, 2.05) is 0 Å². The van der Waals surface area contributed by atoms with Gasteiger partial charge in [-0.05, 0) is 23.8 Å². The molecule has 2 N–H and O–H groups in total. The Kier molecular flexibility index (Phi) is 3.89. The van der Waals surface area contributed by atoms with Gasteiger partial charge in [0.15, 0.2) is 0 Å². The van der Waals surface area contributed by atoms with E-state index in [0.29, 0.717) is 5.56 Å². The lowest BCUT2D eigenvalue weighted by Gasteiger charge is -2.03. The predicted octanol–water partition coefficient (Wildman–Crippen LogP) is 3.39. The summed E-state index contributed by atoms with van der Waals surface area (Å²) in [4.78, 5) is 14.4. The highest BCUT2D eigenvalue weighted by molar-refractivity contribution is 6.41. The molecular weight excluding hydrogens is 278 g/mol. The molecule has 0 radical (unpaired) electrons. The van der Waals surface area contributed by atoms with E-state index in [4.69, 9.17) is 23.2 Å². The zero-order chi connectivity index (χ0) is 13.1. The van der Waals surface area contributed by atoms with Crippen LogP contribution < -0.4 is 5.32 Å². The molecule has 1 heterocycles. The van der Waals surface area contributed by atoms with E-state index in [2.05, 4.69) is 10.3 Å². The summed E-state index contributed by atoms with van der Waals surface area (Å²) in [6.45, 7) is 0.227. The quantitative estimate of drug-likeness (QED) is 0.893. The van der Waals surface area contributed by atoms with E-state index in [-0.39, 0.29) is 34.1 Å². The first kappa shape index (κ1) is 12.9. The topological polar surface area (TPSA) is 44.9 Å². The first-order valence-electron chi connectivity index (χ1n) is 5.13. The van der Waals surface area contributed by atoms with Gasteiger partial charge in [-0.25, -0.2) is 4.39 Å². The van der Waals surface area contributed by atoms with E-state index in [0.717, 1.165) is 0 Å². The van der Waals surface area contributed by atoms with Crippen LogP contribution in [0.3, 0.4) is 0 Å². The number of H-pyrrole nitrogens is 1. The van der Waals surface area contributed by atoms with Gasteiger partial charge in [-0.3, -0.25) is 4.79 Å². The van der Waals surface area contributed by atoms with Gasteiger partial charge in [0.2, 0.25) is 0 Å². The molecule has 6 heteroatoms. The maximum Gasteiger partial charge on any atom is 0.268 e. The molecule has 2 rings (SSSR count). The molecule has 0 aliphatic heterocycles. The Hall–Kier alpha value is -1.52. The van der Waals surface area contributed by atoms with Gasteiger partial charge >= 0.3 is 0 Å². The number of aromatic amines is 1. The second-order valence-electron chi connectivity index (χ2n) is 3.66. The van der Waals surface area contributed by atoms with Crippen molar-refractivity contribution in [1.82, 2.24) is 10.3 Å². The molecule has 1 aromatic carbocycles. The van der Waals surface area contributed by atoms with Gasteiger partial charge in [0.1, 0.15) is 16.7 Å².